The van der Waals surface area contributed by atoms with Crippen LogP contribution in [-0.2, 0) is 4.79 Å². The van der Waals surface area contributed by atoms with Crippen molar-refractivity contribution in [2.45, 2.75) is 30.9 Å². The van der Waals surface area contributed by atoms with Crippen molar-refractivity contribution in [1.29, 1.82) is 0 Å². The molecule has 3 aliphatic rings. The third kappa shape index (κ3) is 3.73. The van der Waals surface area contributed by atoms with Gasteiger partial charge in [0, 0.05) is 37.6 Å². The Labute approximate surface area is 200 Å². The zero-order valence-electron chi connectivity index (χ0n) is 18.4. The molecule has 1 aliphatic carbocycles. The Balaban J connectivity index is 1.11. The van der Waals surface area contributed by atoms with Gasteiger partial charge in [-0.1, -0.05) is 36.4 Å². The van der Waals surface area contributed by atoms with Crippen molar-refractivity contribution in [3.05, 3.63) is 76.3 Å². The van der Waals surface area contributed by atoms with Gasteiger partial charge < -0.3 is 4.74 Å². The van der Waals surface area contributed by atoms with E-state index < -0.39 is 11.5 Å². The summed E-state index contributed by atoms with van der Waals surface area (Å²) in [6.45, 7) is 1.74. The van der Waals surface area contributed by atoms with Gasteiger partial charge in [0.05, 0.1) is 28.6 Å². The number of nitrogens with one attached hydrogen (secondary N) is 1. The molecular formula is C26H23N3O4S. The summed E-state index contributed by atoms with van der Waals surface area (Å²) in [6, 6.07) is 15.9. The Hall–Kier alpha value is -3.33. The van der Waals surface area contributed by atoms with Crippen LogP contribution in [0.1, 0.15) is 51.8 Å². The van der Waals surface area contributed by atoms with Gasteiger partial charge in [-0.05, 0) is 23.8 Å². The lowest BCUT2D eigenvalue weighted by atomic mass is 9.82. The lowest BCUT2D eigenvalue weighted by Crippen LogP contribution is -2.50. The summed E-state index contributed by atoms with van der Waals surface area (Å²) in [6.07, 6.45) is 4.72. The number of thiazole rings is 1. The van der Waals surface area contributed by atoms with Crippen LogP contribution in [-0.4, -0.2) is 45.5 Å². The molecule has 1 amide bonds. The second kappa shape index (κ2) is 8.16. The maximum Gasteiger partial charge on any atom is 0.267 e. The van der Waals surface area contributed by atoms with Crippen molar-refractivity contribution in [1.82, 2.24) is 15.4 Å². The molecule has 1 aromatic heterocycles. The predicted octanol–water partition coefficient (Wildman–Crippen LogP) is 4.23. The van der Waals surface area contributed by atoms with Crippen LogP contribution >= 0.6 is 11.3 Å². The number of carbonyl (C=O) groups is 2. The highest BCUT2D eigenvalue weighted by Gasteiger charge is 2.49. The van der Waals surface area contributed by atoms with Crippen LogP contribution in [0.5, 0.6) is 5.75 Å². The highest BCUT2D eigenvalue weighted by Crippen LogP contribution is 2.53. The molecule has 7 nitrogen and oxygen atoms in total. The maximum atomic E-state index is 13.0. The van der Waals surface area contributed by atoms with Crippen LogP contribution in [0.25, 0.3) is 16.6 Å². The number of rotatable bonds is 4. The lowest BCUT2D eigenvalue weighted by Gasteiger charge is -2.44. The van der Waals surface area contributed by atoms with E-state index in [9.17, 15) is 9.59 Å². The molecule has 1 atom stereocenters. The minimum Gasteiger partial charge on any atom is -0.486 e. The number of hydrogen-bond acceptors (Lipinski definition) is 7. The first kappa shape index (κ1) is 21.2. The SMILES string of the molecule is O=C(C=Cc1ccc2c(c1)C(=O)CC1(CCN(C3c4nc(-c5ccccc5)sc43)CC1)O2)NO. The highest BCUT2D eigenvalue weighted by molar-refractivity contribution is 7.16. The molecule has 1 unspecified atom stereocenters. The fourth-order valence-corrected chi connectivity index (χ4v) is 6.16. The summed E-state index contributed by atoms with van der Waals surface area (Å²) in [7, 11) is 0. The Morgan fingerprint density at radius 1 is 1.21 bits per heavy atom. The highest BCUT2D eigenvalue weighted by atomic mass is 32.1. The zero-order chi connectivity index (χ0) is 23.3. The molecule has 8 heteroatoms. The molecule has 1 fully saturated rings. The maximum absolute atomic E-state index is 13.0. The van der Waals surface area contributed by atoms with E-state index in [1.165, 1.54) is 22.2 Å². The Morgan fingerprint density at radius 3 is 2.71 bits per heavy atom. The fraction of sp³-hybridized carbons (Fsp3) is 0.269. The lowest BCUT2D eigenvalue weighted by molar-refractivity contribution is -0.124. The summed E-state index contributed by atoms with van der Waals surface area (Å²) < 4.78 is 6.41. The smallest absolute Gasteiger partial charge is 0.267 e. The normalized spacial score (nSPS) is 20.6. The molecule has 2 N–H and O–H groups in total. The monoisotopic (exact) mass is 473 g/mol. The number of ether oxygens (including phenoxy) is 1. The van der Waals surface area contributed by atoms with Gasteiger partial charge in [-0.2, -0.15) is 0 Å². The minimum absolute atomic E-state index is 0.0660. The van der Waals surface area contributed by atoms with E-state index >= 15 is 0 Å². The molecule has 1 saturated heterocycles. The first-order valence-electron chi connectivity index (χ1n) is 11.3. The van der Waals surface area contributed by atoms with Gasteiger partial charge in [-0.3, -0.25) is 19.7 Å². The number of carbonyl (C=O) groups excluding carboxylic acids is 2. The van der Waals surface area contributed by atoms with Crippen LogP contribution in [0.15, 0.2) is 54.6 Å². The predicted molar refractivity (Wildman–Crippen MR) is 128 cm³/mol. The Morgan fingerprint density at radius 2 is 2.00 bits per heavy atom. The number of piperidine rings is 1. The first-order chi connectivity index (χ1) is 16.5. The number of benzene rings is 2. The fourth-order valence-electron chi connectivity index (χ4n) is 4.98. The van der Waals surface area contributed by atoms with E-state index in [2.05, 4.69) is 17.0 Å². The molecule has 3 heterocycles. The Bertz CT molecular complexity index is 1290. The van der Waals surface area contributed by atoms with Crippen LogP contribution < -0.4 is 10.2 Å². The number of amides is 1. The molecule has 172 valence electrons. The summed E-state index contributed by atoms with van der Waals surface area (Å²) in [5, 5.41) is 9.69. The molecule has 2 aromatic carbocycles. The largest absolute Gasteiger partial charge is 0.486 e. The van der Waals surface area contributed by atoms with Crippen molar-refractivity contribution in [2.75, 3.05) is 13.1 Å². The van der Waals surface area contributed by atoms with Crippen LogP contribution in [0.2, 0.25) is 0 Å². The van der Waals surface area contributed by atoms with Crippen molar-refractivity contribution in [2.24, 2.45) is 0 Å². The average molecular weight is 474 g/mol. The summed E-state index contributed by atoms with van der Waals surface area (Å²) in [4.78, 5) is 32.9. The number of hydrogen-bond donors (Lipinski definition) is 2. The molecule has 34 heavy (non-hydrogen) atoms. The van der Waals surface area contributed by atoms with E-state index in [1.807, 2.05) is 18.2 Å². The standard InChI is InChI=1S/C26H23N3O4S/c30-19-15-26(33-20-8-6-16(14-18(19)20)7-9-21(31)28-32)10-12-29(13-11-26)23-22-24(23)34-25(27-22)17-4-2-1-3-5-17/h1-9,14,23,32H,10-13,15H2,(H,28,31). The van der Waals surface area contributed by atoms with Gasteiger partial charge in [-0.15, -0.1) is 11.3 Å². The molecule has 1 spiro atoms. The van der Waals surface area contributed by atoms with E-state index in [0.717, 1.165) is 30.9 Å². The van der Waals surface area contributed by atoms with Gasteiger partial charge in [0.1, 0.15) is 16.4 Å². The van der Waals surface area contributed by atoms with Gasteiger partial charge in [0.25, 0.3) is 5.91 Å². The number of ketones is 1. The number of fused-ring (bicyclic) bond motifs is 2. The zero-order valence-corrected chi connectivity index (χ0v) is 19.2. The van der Waals surface area contributed by atoms with Crippen LogP contribution in [0.3, 0.4) is 0 Å². The summed E-state index contributed by atoms with van der Waals surface area (Å²) >= 11 is 1.78. The van der Waals surface area contributed by atoms with Gasteiger partial charge in [0.2, 0.25) is 0 Å². The number of hydroxylamine groups is 1. The molecule has 0 saturated carbocycles. The topological polar surface area (TPSA) is 91.8 Å². The second-order valence-electron chi connectivity index (χ2n) is 9.02. The van der Waals surface area contributed by atoms with Crippen molar-refractivity contribution in [3.63, 3.8) is 0 Å². The quantitative estimate of drug-likeness (QED) is 0.335. The minimum atomic E-state index is -0.623. The van der Waals surface area contributed by atoms with Gasteiger partial charge >= 0.3 is 0 Å². The van der Waals surface area contributed by atoms with Crippen LogP contribution in [0.4, 0.5) is 0 Å². The number of nitrogens with zero attached hydrogens (tertiary/aromatic N) is 2. The molecule has 0 bridgehead atoms. The number of aromatic nitrogens is 1. The number of likely N-dealkylation sites (tertiary alicyclic amines) is 1. The van der Waals surface area contributed by atoms with Crippen LogP contribution in [0, 0.1) is 0 Å². The molecular weight excluding hydrogens is 450 g/mol. The number of Topliss-reactive ketones (excluding diaryl/α,β-unsaturated/α-hetero) is 1. The molecule has 2 aliphatic heterocycles. The van der Waals surface area contributed by atoms with Crippen molar-refractivity contribution >= 4 is 29.1 Å². The van der Waals surface area contributed by atoms with Gasteiger partial charge in [-0.25, -0.2) is 10.5 Å². The summed E-state index contributed by atoms with van der Waals surface area (Å²) in [5.41, 5.74) is 4.70. The summed E-state index contributed by atoms with van der Waals surface area (Å²) in [5.74, 6) is 0.0481. The van der Waals surface area contributed by atoms with E-state index in [4.69, 9.17) is 14.9 Å². The third-order valence-corrected chi connectivity index (χ3v) is 8.02. The van der Waals surface area contributed by atoms with Gasteiger partial charge in [0.15, 0.2) is 5.78 Å². The Kier molecular flexibility index (Phi) is 5.09. The van der Waals surface area contributed by atoms with Crippen molar-refractivity contribution in [3.8, 4) is 16.3 Å². The molecule has 6 rings (SSSR count). The van der Waals surface area contributed by atoms with E-state index in [1.54, 1.807) is 41.1 Å². The second-order valence-corrected chi connectivity index (χ2v) is 10.1. The molecule has 0 radical (unpaired) electrons. The average Bonchev–Trinajstić information content (AvgIpc) is 3.35. The third-order valence-electron chi connectivity index (χ3n) is 6.85. The van der Waals surface area contributed by atoms with E-state index in [0.29, 0.717) is 29.3 Å². The molecule has 3 aromatic rings. The van der Waals surface area contributed by atoms with E-state index in [-0.39, 0.29) is 5.78 Å². The first-order valence-corrected chi connectivity index (χ1v) is 12.2. The van der Waals surface area contributed by atoms with Crippen molar-refractivity contribution < 1.29 is 19.5 Å².